The molecule has 3 rings (SSSR count). The van der Waals surface area contributed by atoms with Crippen LogP contribution in [-0.4, -0.2) is 11.2 Å². The third kappa shape index (κ3) is 3.81. The van der Waals surface area contributed by atoms with E-state index in [-0.39, 0.29) is 5.82 Å². The monoisotopic (exact) mass is 325 g/mol. The fourth-order valence-corrected chi connectivity index (χ4v) is 2.87. The van der Waals surface area contributed by atoms with Gasteiger partial charge in [0, 0.05) is 10.9 Å². The van der Waals surface area contributed by atoms with Crippen molar-refractivity contribution in [1.29, 1.82) is 0 Å². The van der Waals surface area contributed by atoms with Crippen molar-refractivity contribution in [3.63, 3.8) is 0 Å². The van der Waals surface area contributed by atoms with E-state index in [0.29, 0.717) is 5.13 Å². The molecular weight excluding hydrogens is 309 g/mol. The summed E-state index contributed by atoms with van der Waals surface area (Å²) >= 11 is 1.46. The maximum absolute atomic E-state index is 12.9. The average Bonchev–Trinajstić information content (AvgIpc) is 2.99. The Bertz CT molecular complexity index is 838. The van der Waals surface area contributed by atoms with Gasteiger partial charge in [0.05, 0.1) is 11.9 Å². The number of hydrazone groups is 1. The first-order valence-corrected chi connectivity index (χ1v) is 8.07. The van der Waals surface area contributed by atoms with Crippen LogP contribution in [0, 0.1) is 19.7 Å². The Hall–Kier alpha value is -2.53. The highest BCUT2D eigenvalue weighted by Gasteiger charge is 2.04. The molecule has 0 unspecified atom stereocenters. The van der Waals surface area contributed by atoms with Gasteiger partial charge in [-0.05, 0) is 49.2 Å². The molecule has 0 aliphatic carbocycles. The second-order valence-corrected chi connectivity index (χ2v) is 6.13. The predicted molar refractivity (Wildman–Crippen MR) is 94.6 cm³/mol. The lowest BCUT2D eigenvalue weighted by Crippen LogP contribution is -1.93. The van der Waals surface area contributed by atoms with Crippen molar-refractivity contribution in [1.82, 2.24) is 4.98 Å². The molecule has 0 aliphatic heterocycles. The first kappa shape index (κ1) is 15.4. The molecule has 0 fully saturated rings. The van der Waals surface area contributed by atoms with Gasteiger partial charge in [-0.2, -0.15) is 5.10 Å². The van der Waals surface area contributed by atoms with Gasteiger partial charge in [-0.1, -0.05) is 23.8 Å². The maximum Gasteiger partial charge on any atom is 0.203 e. The Labute approximate surface area is 138 Å². The molecule has 0 amide bonds. The number of hydrogen-bond donors (Lipinski definition) is 1. The molecule has 0 radical (unpaired) electrons. The van der Waals surface area contributed by atoms with E-state index in [1.54, 1.807) is 18.3 Å². The molecule has 0 spiro atoms. The number of anilines is 1. The van der Waals surface area contributed by atoms with Crippen molar-refractivity contribution in [2.45, 2.75) is 13.8 Å². The van der Waals surface area contributed by atoms with Crippen LogP contribution in [0.25, 0.3) is 11.3 Å². The van der Waals surface area contributed by atoms with Gasteiger partial charge in [-0.15, -0.1) is 11.3 Å². The summed E-state index contributed by atoms with van der Waals surface area (Å²) in [5.41, 5.74) is 8.11. The highest BCUT2D eigenvalue weighted by atomic mass is 32.1. The van der Waals surface area contributed by atoms with Crippen molar-refractivity contribution in [3.05, 3.63) is 70.4 Å². The van der Waals surface area contributed by atoms with Crippen molar-refractivity contribution < 1.29 is 4.39 Å². The topological polar surface area (TPSA) is 37.3 Å². The quantitative estimate of drug-likeness (QED) is 0.540. The molecule has 0 saturated carbocycles. The lowest BCUT2D eigenvalue weighted by molar-refractivity contribution is 0.628. The lowest BCUT2D eigenvalue weighted by atomic mass is 10.1. The van der Waals surface area contributed by atoms with E-state index in [9.17, 15) is 4.39 Å². The molecule has 1 N–H and O–H groups in total. The summed E-state index contributed by atoms with van der Waals surface area (Å²) in [7, 11) is 0. The Balaban J connectivity index is 1.69. The van der Waals surface area contributed by atoms with Crippen LogP contribution in [0.15, 0.2) is 52.9 Å². The van der Waals surface area contributed by atoms with Gasteiger partial charge in [0.15, 0.2) is 0 Å². The van der Waals surface area contributed by atoms with Crippen LogP contribution >= 0.6 is 11.3 Å². The minimum absolute atomic E-state index is 0.250. The summed E-state index contributed by atoms with van der Waals surface area (Å²) in [5, 5.41) is 6.85. The summed E-state index contributed by atoms with van der Waals surface area (Å²) < 4.78 is 12.9. The van der Waals surface area contributed by atoms with Crippen molar-refractivity contribution in [3.8, 4) is 11.3 Å². The highest BCUT2D eigenvalue weighted by molar-refractivity contribution is 7.14. The molecule has 0 aliphatic rings. The van der Waals surface area contributed by atoms with Gasteiger partial charge in [0.1, 0.15) is 5.82 Å². The zero-order chi connectivity index (χ0) is 16.2. The van der Waals surface area contributed by atoms with Crippen LogP contribution in [0.2, 0.25) is 0 Å². The molecule has 5 heteroatoms. The van der Waals surface area contributed by atoms with E-state index >= 15 is 0 Å². The smallest absolute Gasteiger partial charge is 0.203 e. The Morgan fingerprint density at radius 1 is 1.13 bits per heavy atom. The highest BCUT2D eigenvalue weighted by Crippen LogP contribution is 2.25. The number of nitrogens with zero attached hydrogens (tertiary/aromatic N) is 2. The summed E-state index contributed by atoms with van der Waals surface area (Å²) in [5.74, 6) is -0.250. The summed E-state index contributed by atoms with van der Waals surface area (Å²) in [6.07, 6.45) is 1.79. The number of nitrogens with one attached hydrogen (secondary N) is 1. The zero-order valence-corrected chi connectivity index (χ0v) is 13.7. The number of thiazole rings is 1. The summed E-state index contributed by atoms with van der Waals surface area (Å²) in [4.78, 5) is 4.45. The van der Waals surface area contributed by atoms with Gasteiger partial charge >= 0.3 is 0 Å². The van der Waals surface area contributed by atoms with Crippen LogP contribution in [0.4, 0.5) is 9.52 Å². The molecule has 3 aromatic rings. The molecular formula is C18H16FN3S. The molecule has 3 nitrogen and oxygen atoms in total. The van der Waals surface area contributed by atoms with E-state index in [2.05, 4.69) is 41.5 Å². The molecule has 0 atom stereocenters. The van der Waals surface area contributed by atoms with Gasteiger partial charge in [-0.3, -0.25) is 5.43 Å². The Morgan fingerprint density at radius 3 is 2.65 bits per heavy atom. The van der Waals surface area contributed by atoms with Crippen LogP contribution < -0.4 is 5.43 Å². The number of aryl methyl sites for hydroxylation is 2. The minimum Gasteiger partial charge on any atom is -0.253 e. The number of rotatable bonds is 4. The van der Waals surface area contributed by atoms with E-state index in [1.807, 2.05) is 11.4 Å². The third-order valence-corrected chi connectivity index (χ3v) is 4.18. The van der Waals surface area contributed by atoms with Crippen LogP contribution in [-0.2, 0) is 0 Å². The van der Waals surface area contributed by atoms with Gasteiger partial charge < -0.3 is 0 Å². The SMILES string of the molecule is Cc1ccc(C=NNc2nc(-c3ccc(F)cc3)cs2)c(C)c1. The molecule has 1 heterocycles. The van der Waals surface area contributed by atoms with E-state index < -0.39 is 0 Å². The fraction of sp³-hybridized carbons (Fsp3) is 0.111. The number of aromatic nitrogens is 1. The van der Waals surface area contributed by atoms with Gasteiger partial charge in [0.25, 0.3) is 0 Å². The molecule has 0 bridgehead atoms. The van der Waals surface area contributed by atoms with E-state index in [0.717, 1.165) is 16.8 Å². The van der Waals surface area contributed by atoms with Gasteiger partial charge in [-0.25, -0.2) is 9.37 Å². The number of benzene rings is 2. The summed E-state index contributed by atoms with van der Waals surface area (Å²) in [6, 6.07) is 12.5. The van der Waals surface area contributed by atoms with Gasteiger partial charge in [0.2, 0.25) is 5.13 Å². The second-order valence-electron chi connectivity index (χ2n) is 5.27. The molecule has 1 aromatic heterocycles. The number of hydrogen-bond acceptors (Lipinski definition) is 4. The molecule has 116 valence electrons. The second kappa shape index (κ2) is 6.71. The van der Waals surface area contributed by atoms with Crippen molar-refractivity contribution in [2.24, 2.45) is 5.10 Å². The third-order valence-electron chi connectivity index (χ3n) is 3.43. The van der Waals surface area contributed by atoms with Crippen LogP contribution in [0.3, 0.4) is 0 Å². The first-order chi connectivity index (χ1) is 11.1. The van der Waals surface area contributed by atoms with Crippen molar-refractivity contribution >= 4 is 22.7 Å². The van der Waals surface area contributed by atoms with Crippen molar-refractivity contribution in [2.75, 3.05) is 5.43 Å². The fourth-order valence-electron chi connectivity index (χ4n) is 2.21. The van der Waals surface area contributed by atoms with E-state index in [4.69, 9.17) is 0 Å². The van der Waals surface area contributed by atoms with Crippen LogP contribution in [0.1, 0.15) is 16.7 Å². The Morgan fingerprint density at radius 2 is 1.91 bits per heavy atom. The lowest BCUT2D eigenvalue weighted by Gasteiger charge is -2.01. The molecule has 0 saturated heterocycles. The predicted octanol–water partition coefficient (Wildman–Crippen LogP) is 5.01. The standard InChI is InChI=1S/C18H16FN3S/c1-12-3-4-15(13(2)9-12)10-20-22-18-21-17(11-23-18)14-5-7-16(19)8-6-14/h3-11H,1-2H3,(H,21,22). The first-order valence-electron chi connectivity index (χ1n) is 7.19. The average molecular weight is 325 g/mol. The molecule has 23 heavy (non-hydrogen) atoms. The van der Waals surface area contributed by atoms with Crippen LogP contribution in [0.5, 0.6) is 0 Å². The zero-order valence-electron chi connectivity index (χ0n) is 12.9. The molecule has 2 aromatic carbocycles. The number of halogens is 1. The summed E-state index contributed by atoms with van der Waals surface area (Å²) in [6.45, 7) is 4.13. The van der Waals surface area contributed by atoms with E-state index in [1.165, 1.54) is 34.6 Å². The maximum atomic E-state index is 12.9. The minimum atomic E-state index is -0.250. The largest absolute Gasteiger partial charge is 0.253 e. The normalized spacial score (nSPS) is 11.1. The Kier molecular flexibility index (Phi) is 4.48.